The van der Waals surface area contributed by atoms with Crippen molar-refractivity contribution in [1.82, 2.24) is 0 Å². The molecule has 0 aromatic heterocycles. The predicted octanol–water partition coefficient (Wildman–Crippen LogP) is 2.73. The number of nitrogens with zero attached hydrogens (tertiary/aromatic N) is 1. The number of hydrogen-bond acceptors (Lipinski definition) is 6. The van der Waals surface area contributed by atoms with Gasteiger partial charge in [-0.05, 0) is 54.5 Å². The van der Waals surface area contributed by atoms with E-state index in [4.69, 9.17) is 14.6 Å². The molecule has 0 atom stereocenters. The lowest BCUT2D eigenvalue weighted by molar-refractivity contribution is -0.131. The molecule has 31 heavy (non-hydrogen) atoms. The Morgan fingerprint density at radius 2 is 1.87 bits per heavy atom. The molecule has 1 aliphatic heterocycles. The van der Waals surface area contributed by atoms with Crippen LogP contribution in [0.5, 0.6) is 11.5 Å². The summed E-state index contributed by atoms with van der Waals surface area (Å²) in [6.45, 7) is 0.636. The number of ether oxygens (including phenoxy) is 2. The number of rotatable bonds is 8. The van der Waals surface area contributed by atoms with Crippen molar-refractivity contribution < 1.29 is 32.6 Å². The minimum Gasteiger partial charge on any atom is -0.493 e. The topological polar surface area (TPSA) is 122 Å². The van der Waals surface area contributed by atoms with Gasteiger partial charge in [-0.15, -0.1) is 0 Å². The number of sulfonamides is 1. The SMILES string of the molecule is COc1cc(/C=C/C(=O)O)cc(S(=O)(=O)Nc2ccc(N3CCCC3=O)cc2)c1OC. The number of carboxylic acid groups (broad SMARTS) is 1. The third-order valence-electron chi connectivity index (χ3n) is 4.68. The van der Waals surface area contributed by atoms with Crippen molar-refractivity contribution in [3.63, 3.8) is 0 Å². The summed E-state index contributed by atoms with van der Waals surface area (Å²) in [5.74, 6) is -1.01. The average Bonchev–Trinajstić information content (AvgIpc) is 3.17. The van der Waals surface area contributed by atoms with Gasteiger partial charge in [0.1, 0.15) is 4.90 Å². The quantitative estimate of drug-likeness (QED) is 0.598. The summed E-state index contributed by atoms with van der Waals surface area (Å²) in [6.07, 6.45) is 3.44. The van der Waals surface area contributed by atoms with Gasteiger partial charge in [0.15, 0.2) is 11.5 Å². The predicted molar refractivity (Wildman–Crippen MR) is 115 cm³/mol. The van der Waals surface area contributed by atoms with Gasteiger partial charge < -0.3 is 19.5 Å². The maximum Gasteiger partial charge on any atom is 0.328 e. The highest BCUT2D eigenvalue weighted by Crippen LogP contribution is 2.37. The lowest BCUT2D eigenvalue weighted by Crippen LogP contribution is -2.23. The Morgan fingerprint density at radius 3 is 2.42 bits per heavy atom. The van der Waals surface area contributed by atoms with Crippen LogP contribution in [0.3, 0.4) is 0 Å². The van der Waals surface area contributed by atoms with Crippen LogP contribution < -0.4 is 19.1 Å². The molecule has 0 radical (unpaired) electrons. The monoisotopic (exact) mass is 446 g/mol. The molecule has 2 N–H and O–H groups in total. The second-order valence-electron chi connectivity index (χ2n) is 6.73. The second-order valence-corrected chi connectivity index (χ2v) is 8.38. The minimum atomic E-state index is -4.11. The lowest BCUT2D eigenvalue weighted by atomic mass is 10.2. The first-order chi connectivity index (χ1) is 14.7. The van der Waals surface area contributed by atoms with E-state index < -0.39 is 16.0 Å². The zero-order chi connectivity index (χ0) is 22.6. The third-order valence-corrected chi connectivity index (χ3v) is 6.07. The van der Waals surface area contributed by atoms with Gasteiger partial charge in [0.05, 0.1) is 14.2 Å². The molecule has 2 aromatic rings. The molecule has 1 amide bonds. The average molecular weight is 446 g/mol. The largest absolute Gasteiger partial charge is 0.493 e. The molecule has 0 spiro atoms. The van der Waals surface area contributed by atoms with Crippen molar-refractivity contribution in [2.75, 3.05) is 30.4 Å². The molecular formula is C21H22N2O7S. The van der Waals surface area contributed by atoms with Crippen LogP contribution in [-0.2, 0) is 19.6 Å². The number of benzene rings is 2. The van der Waals surface area contributed by atoms with Gasteiger partial charge in [-0.2, -0.15) is 0 Å². The van der Waals surface area contributed by atoms with Gasteiger partial charge in [0.25, 0.3) is 10.0 Å². The Labute approximate surface area is 179 Å². The number of amides is 1. The highest BCUT2D eigenvalue weighted by atomic mass is 32.2. The number of carbonyl (C=O) groups is 2. The molecule has 164 valence electrons. The van der Waals surface area contributed by atoms with Crippen LogP contribution in [0.1, 0.15) is 18.4 Å². The molecule has 1 heterocycles. The normalized spacial score (nSPS) is 14.1. The first kappa shape index (κ1) is 22.2. The minimum absolute atomic E-state index is 0.0123. The lowest BCUT2D eigenvalue weighted by Gasteiger charge is -2.17. The van der Waals surface area contributed by atoms with Crippen LogP contribution in [0.25, 0.3) is 6.08 Å². The number of aliphatic carboxylic acids is 1. The van der Waals surface area contributed by atoms with Gasteiger partial charge in [0, 0.05) is 30.4 Å². The number of methoxy groups -OCH3 is 2. The van der Waals surface area contributed by atoms with Crippen molar-refractivity contribution in [3.8, 4) is 11.5 Å². The molecule has 0 bridgehead atoms. The zero-order valence-electron chi connectivity index (χ0n) is 17.0. The van der Waals surface area contributed by atoms with E-state index in [1.54, 1.807) is 29.2 Å². The molecule has 3 rings (SSSR count). The van der Waals surface area contributed by atoms with Gasteiger partial charge in [0.2, 0.25) is 5.91 Å². The number of hydrogen-bond donors (Lipinski definition) is 2. The van der Waals surface area contributed by atoms with Gasteiger partial charge in [-0.1, -0.05) is 0 Å². The zero-order valence-corrected chi connectivity index (χ0v) is 17.8. The van der Waals surface area contributed by atoms with E-state index in [0.29, 0.717) is 29.9 Å². The van der Waals surface area contributed by atoms with Gasteiger partial charge in [-0.25, -0.2) is 13.2 Å². The van der Waals surface area contributed by atoms with Gasteiger partial charge >= 0.3 is 5.97 Å². The summed E-state index contributed by atoms with van der Waals surface area (Å²) in [4.78, 5) is 24.1. The van der Waals surface area contributed by atoms with Crippen molar-refractivity contribution in [2.24, 2.45) is 0 Å². The Morgan fingerprint density at radius 1 is 1.16 bits per heavy atom. The standard InChI is InChI=1S/C21H22N2O7S/c1-29-17-12-14(5-10-20(25)26)13-18(21(17)30-2)31(27,28)22-15-6-8-16(9-7-15)23-11-3-4-19(23)24/h5-10,12-13,22H,3-4,11H2,1-2H3,(H,25,26)/b10-5+. The van der Waals surface area contributed by atoms with Crippen LogP contribution in [0.2, 0.25) is 0 Å². The highest BCUT2D eigenvalue weighted by molar-refractivity contribution is 7.92. The molecule has 1 saturated heterocycles. The van der Waals surface area contributed by atoms with Gasteiger partial charge in [-0.3, -0.25) is 9.52 Å². The summed E-state index contributed by atoms with van der Waals surface area (Å²) in [5.41, 5.74) is 1.30. The van der Waals surface area contributed by atoms with Crippen LogP contribution >= 0.6 is 0 Å². The molecule has 1 aliphatic rings. The van der Waals surface area contributed by atoms with Crippen molar-refractivity contribution in [1.29, 1.82) is 0 Å². The summed E-state index contributed by atoms with van der Waals surface area (Å²) in [5, 5.41) is 8.85. The number of carbonyl (C=O) groups excluding carboxylic acids is 1. The third kappa shape index (κ3) is 4.97. The van der Waals surface area contributed by atoms with Crippen LogP contribution in [-0.4, -0.2) is 46.2 Å². The molecular weight excluding hydrogens is 424 g/mol. The molecule has 1 fully saturated rings. The van der Waals surface area contributed by atoms with Crippen molar-refractivity contribution >= 4 is 39.4 Å². The Kier molecular flexibility index (Phi) is 6.50. The van der Waals surface area contributed by atoms with Crippen molar-refractivity contribution in [3.05, 3.63) is 48.0 Å². The summed E-state index contributed by atoms with van der Waals surface area (Å²) < 4.78 is 39.1. The van der Waals surface area contributed by atoms with Crippen LogP contribution in [0.4, 0.5) is 11.4 Å². The van der Waals surface area contributed by atoms with E-state index in [9.17, 15) is 18.0 Å². The van der Waals surface area contributed by atoms with Crippen molar-refractivity contribution in [2.45, 2.75) is 17.7 Å². The fourth-order valence-corrected chi connectivity index (χ4v) is 4.53. The highest BCUT2D eigenvalue weighted by Gasteiger charge is 2.25. The van der Waals surface area contributed by atoms with E-state index in [-0.39, 0.29) is 22.3 Å². The van der Waals surface area contributed by atoms with E-state index in [1.807, 2.05) is 0 Å². The fraction of sp³-hybridized carbons (Fsp3) is 0.238. The maximum absolute atomic E-state index is 13.1. The van der Waals surface area contributed by atoms with E-state index in [1.165, 1.54) is 32.4 Å². The molecule has 2 aromatic carbocycles. The first-order valence-corrected chi connectivity index (χ1v) is 10.8. The number of carboxylic acids is 1. The summed E-state index contributed by atoms with van der Waals surface area (Å²) in [7, 11) is -1.45. The molecule has 0 aliphatic carbocycles. The Hall–Kier alpha value is -3.53. The first-order valence-electron chi connectivity index (χ1n) is 9.35. The molecule has 0 saturated carbocycles. The van der Waals surface area contributed by atoms with E-state index in [0.717, 1.165) is 12.5 Å². The van der Waals surface area contributed by atoms with Crippen LogP contribution in [0.15, 0.2) is 47.4 Å². The summed E-state index contributed by atoms with van der Waals surface area (Å²) >= 11 is 0. The summed E-state index contributed by atoms with van der Waals surface area (Å²) in [6, 6.07) is 9.24. The smallest absolute Gasteiger partial charge is 0.328 e. The molecule has 9 nitrogen and oxygen atoms in total. The Balaban J connectivity index is 1.94. The maximum atomic E-state index is 13.1. The van der Waals surface area contributed by atoms with Crippen LogP contribution in [0, 0.1) is 0 Å². The molecule has 0 unspecified atom stereocenters. The Bertz CT molecular complexity index is 1130. The number of anilines is 2. The van der Waals surface area contributed by atoms with E-state index in [2.05, 4.69) is 4.72 Å². The molecule has 10 heteroatoms. The second kappa shape index (κ2) is 9.09. The number of nitrogens with one attached hydrogen (secondary N) is 1. The fourth-order valence-electron chi connectivity index (χ4n) is 3.25. The van der Waals surface area contributed by atoms with E-state index >= 15 is 0 Å².